The molecule has 0 aromatic heterocycles. The monoisotopic (exact) mass is 364 g/mol. The Bertz CT molecular complexity index is 683. The second kappa shape index (κ2) is 10.0. The number of aryl methyl sites for hydroxylation is 2. The molecule has 1 unspecified atom stereocenters. The molecule has 2 rings (SSSR count). The summed E-state index contributed by atoms with van der Waals surface area (Å²) < 4.78 is 11.2. The van der Waals surface area contributed by atoms with Crippen molar-refractivity contribution >= 4 is 24.0 Å². The zero-order chi connectivity index (χ0) is 17.5. The van der Waals surface area contributed by atoms with Gasteiger partial charge in [0, 0.05) is 13.7 Å². The molecule has 5 nitrogen and oxygen atoms in total. The summed E-state index contributed by atoms with van der Waals surface area (Å²) in [6.07, 6.45) is -0.0956. The number of hydrogen-bond donors (Lipinski definition) is 2. The highest BCUT2D eigenvalue weighted by Crippen LogP contribution is 2.33. The van der Waals surface area contributed by atoms with Gasteiger partial charge in [-0.2, -0.15) is 0 Å². The van der Waals surface area contributed by atoms with Crippen molar-refractivity contribution in [3.8, 4) is 11.5 Å². The molecule has 3 N–H and O–H groups in total. The van der Waals surface area contributed by atoms with Gasteiger partial charge in [0.2, 0.25) is 5.91 Å². The molecule has 0 saturated carbocycles. The number of methoxy groups -OCH3 is 1. The number of rotatable bonds is 7. The zero-order valence-corrected chi connectivity index (χ0v) is 15.6. The van der Waals surface area contributed by atoms with Crippen LogP contribution < -0.4 is 15.8 Å². The van der Waals surface area contributed by atoms with Gasteiger partial charge in [-0.05, 0) is 37.1 Å². The number of benzene rings is 2. The van der Waals surface area contributed by atoms with Gasteiger partial charge in [0.1, 0.15) is 5.75 Å². The lowest BCUT2D eigenvalue weighted by atomic mass is 10.1. The SMILES string of the molecule is COC(CN)CC(=O)Nc1ccccc1Oc1c(C)cccc1C.Cl. The molecule has 0 aliphatic rings. The van der Waals surface area contributed by atoms with Gasteiger partial charge in [-0.25, -0.2) is 0 Å². The van der Waals surface area contributed by atoms with E-state index < -0.39 is 0 Å². The summed E-state index contributed by atoms with van der Waals surface area (Å²) in [5, 5.41) is 2.87. The number of carbonyl (C=O) groups is 1. The Morgan fingerprint density at radius 2 is 1.76 bits per heavy atom. The van der Waals surface area contributed by atoms with E-state index in [1.807, 2.05) is 56.3 Å². The van der Waals surface area contributed by atoms with Gasteiger partial charge in [0.05, 0.1) is 18.2 Å². The summed E-state index contributed by atoms with van der Waals surface area (Å²) in [7, 11) is 1.54. The first-order valence-corrected chi connectivity index (χ1v) is 7.91. The summed E-state index contributed by atoms with van der Waals surface area (Å²) in [5.74, 6) is 1.24. The average molecular weight is 365 g/mol. The van der Waals surface area contributed by atoms with Crippen LogP contribution in [0.25, 0.3) is 0 Å². The van der Waals surface area contributed by atoms with E-state index in [2.05, 4.69) is 5.32 Å². The second-order valence-corrected chi connectivity index (χ2v) is 5.66. The molecule has 0 aliphatic heterocycles. The summed E-state index contributed by atoms with van der Waals surface area (Å²) in [4.78, 5) is 12.2. The largest absolute Gasteiger partial charge is 0.455 e. The fourth-order valence-electron chi connectivity index (χ4n) is 2.40. The van der Waals surface area contributed by atoms with E-state index in [0.29, 0.717) is 18.0 Å². The fraction of sp³-hybridized carbons (Fsp3) is 0.316. The van der Waals surface area contributed by atoms with Crippen molar-refractivity contribution in [2.24, 2.45) is 5.73 Å². The van der Waals surface area contributed by atoms with E-state index in [-0.39, 0.29) is 30.8 Å². The lowest BCUT2D eigenvalue weighted by molar-refractivity contribution is -0.118. The van der Waals surface area contributed by atoms with Crippen LogP contribution in [0.15, 0.2) is 42.5 Å². The molecule has 1 amide bonds. The summed E-state index contributed by atoms with van der Waals surface area (Å²) in [6.45, 7) is 4.28. The van der Waals surface area contributed by atoms with E-state index in [1.54, 1.807) is 7.11 Å². The van der Waals surface area contributed by atoms with Crippen molar-refractivity contribution in [2.45, 2.75) is 26.4 Å². The van der Waals surface area contributed by atoms with Crippen LogP contribution in [0.4, 0.5) is 5.69 Å². The Morgan fingerprint density at radius 1 is 1.12 bits per heavy atom. The molecule has 0 radical (unpaired) electrons. The van der Waals surface area contributed by atoms with Crippen LogP contribution in [0.5, 0.6) is 11.5 Å². The van der Waals surface area contributed by atoms with Crippen molar-refractivity contribution in [1.82, 2.24) is 0 Å². The highest BCUT2D eigenvalue weighted by Gasteiger charge is 2.14. The lowest BCUT2D eigenvalue weighted by Gasteiger charge is -2.16. The quantitative estimate of drug-likeness (QED) is 0.783. The van der Waals surface area contributed by atoms with Crippen molar-refractivity contribution in [3.05, 3.63) is 53.6 Å². The number of anilines is 1. The predicted molar refractivity (Wildman–Crippen MR) is 103 cm³/mol. The van der Waals surface area contributed by atoms with E-state index in [0.717, 1.165) is 16.9 Å². The molecule has 6 heteroatoms. The summed E-state index contributed by atoms with van der Waals surface area (Å²) in [5.41, 5.74) is 8.26. The molecule has 2 aromatic carbocycles. The van der Waals surface area contributed by atoms with Gasteiger partial charge in [0.25, 0.3) is 0 Å². The minimum absolute atomic E-state index is 0. The highest BCUT2D eigenvalue weighted by molar-refractivity contribution is 5.92. The maximum Gasteiger partial charge on any atom is 0.227 e. The van der Waals surface area contributed by atoms with Gasteiger partial charge in [-0.3, -0.25) is 4.79 Å². The Hall–Kier alpha value is -2.08. The second-order valence-electron chi connectivity index (χ2n) is 5.66. The van der Waals surface area contributed by atoms with Crippen LogP contribution >= 0.6 is 12.4 Å². The number of hydrogen-bond acceptors (Lipinski definition) is 4. The van der Waals surface area contributed by atoms with Gasteiger partial charge >= 0.3 is 0 Å². The average Bonchev–Trinajstić information content (AvgIpc) is 2.57. The number of nitrogens with one attached hydrogen (secondary N) is 1. The lowest BCUT2D eigenvalue weighted by Crippen LogP contribution is -2.28. The van der Waals surface area contributed by atoms with Crippen molar-refractivity contribution in [3.63, 3.8) is 0 Å². The number of amides is 1. The van der Waals surface area contributed by atoms with Gasteiger partial charge in [-0.1, -0.05) is 30.3 Å². The van der Waals surface area contributed by atoms with Crippen LogP contribution in [0.3, 0.4) is 0 Å². The van der Waals surface area contributed by atoms with Gasteiger partial charge in [-0.15, -0.1) is 12.4 Å². The molecule has 0 aliphatic carbocycles. The maximum atomic E-state index is 12.2. The molecule has 1 atom stereocenters. The standard InChI is InChI=1S/C19H24N2O3.ClH/c1-13-7-6-8-14(2)19(13)24-17-10-5-4-9-16(17)21-18(22)11-15(12-20)23-3;/h4-10,15H,11-12,20H2,1-3H3,(H,21,22);1H. The molecule has 0 spiro atoms. The highest BCUT2D eigenvalue weighted by atomic mass is 35.5. The number of para-hydroxylation sites is 3. The minimum Gasteiger partial charge on any atom is -0.455 e. The van der Waals surface area contributed by atoms with Crippen LogP contribution in [0.1, 0.15) is 17.5 Å². The fourth-order valence-corrected chi connectivity index (χ4v) is 2.40. The van der Waals surface area contributed by atoms with Crippen LogP contribution in [-0.4, -0.2) is 25.7 Å². The topological polar surface area (TPSA) is 73.6 Å². The number of nitrogens with two attached hydrogens (primary N) is 1. The third-order valence-electron chi connectivity index (χ3n) is 3.79. The molecular weight excluding hydrogens is 340 g/mol. The number of ether oxygens (including phenoxy) is 2. The predicted octanol–water partition coefficient (Wildman–Crippen LogP) is 3.82. The molecule has 0 bridgehead atoms. The first kappa shape index (κ1) is 21.0. The van der Waals surface area contributed by atoms with Crippen LogP contribution in [-0.2, 0) is 9.53 Å². The third-order valence-corrected chi connectivity index (χ3v) is 3.79. The van der Waals surface area contributed by atoms with Crippen LogP contribution in [0.2, 0.25) is 0 Å². The molecular formula is C19H25ClN2O3. The Morgan fingerprint density at radius 3 is 2.36 bits per heavy atom. The minimum atomic E-state index is -0.295. The molecule has 0 heterocycles. The van der Waals surface area contributed by atoms with Crippen molar-refractivity contribution in [1.29, 1.82) is 0 Å². The zero-order valence-electron chi connectivity index (χ0n) is 14.7. The van der Waals surface area contributed by atoms with Crippen LogP contribution in [0, 0.1) is 13.8 Å². The van der Waals surface area contributed by atoms with E-state index >= 15 is 0 Å². The van der Waals surface area contributed by atoms with E-state index in [1.165, 1.54) is 0 Å². The van der Waals surface area contributed by atoms with Crippen molar-refractivity contribution in [2.75, 3.05) is 19.0 Å². The Balaban J connectivity index is 0.00000312. The molecule has 2 aromatic rings. The Kier molecular flexibility index (Phi) is 8.41. The first-order chi connectivity index (χ1) is 11.5. The third kappa shape index (κ3) is 5.74. The van der Waals surface area contributed by atoms with Gasteiger partial charge in [0.15, 0.2) is 5.75 Å². The van der Waals surface area contributed by atoms with E-state index in [4.69, 9.17) is 15.2 Å². The first-order valence-electron chi connectivity index (χ1n) is 7.91. The molecule has 25 heavy (non-hydrogen) atoms. The molecule has 136 valence electrons. The molecule has 0 saturated heterocycles. The number of carbonyl (C=O) groups excluding carboxylic acids is 1. The molecule has 0 fully saturated rings. The summed E-state index contributed by atoms with van der Waals surface area (Å²) in [6, 6.07) is 13.3. The Labute approximate surface area is 154 Å². The maximum absolute atomic E-state index is 12.2. The normalized spacial score (nSPS) is 11.4. The number of halogens is 1. The van der Waals surface area contributed by atoms with E-state index in [9.17, 15) is 4.79 Å². The smallest absolute Gasteiger partial charge is 0.227 e. The summed E-state index contributed by atoms with van der Waals surface area (Å²) >= 11 is 0. The van der Waals surface area contributed by atoms with Gasteiger partial charge < -0.3 is 20.5 Å². The van der Waals surface area contributed by atoms with Crippen molar-refractivity contribution < 1.29 is 14.3 Å².